The number of benzene rings is 2. The van der Waals surface area contributed by atoms with Gasteiger partial charge in [0.05, 0.1) is 18.9 Å². The SMILES string of the molecule is CC(=O)OCCCCCCCCOc1ccc2c(c1)CN1C(=N2)NC(=O)C1c1ccccc1. The maximum Gasteiger partial charge on any atom is 0.302 e. The van der Waals surface area contributed by atoms with Gasteiger partial charge in [-0.3, -0.25) is 14.9 Å². The maximum atomic E-state index is 12.6. The molecule has 2 aromatic rings. The minimum Gasteiger partial charge on any atom is -0.494 e. The summed E-state index contributed by atoms with van der Waals surface area (Å²) in [4.78, 5) is 30.0. The Morgan fingerprint density at radius 3 is 2.52 bits per heavy atom. The topological polar surface area (TPSA) is 80.2 Å². The van der Waals surface area contributed by atoms with Gasteiger partial charge in [0.2, 0.25) is 5.96 Å². The van der Waals surface area contributed by atoms with E-state index in [0.717, 1.165) is 61.1 Å². The van der Waals surface area contributed by atoms with E-state index >= 15 is 0 Å². The van der Waals surface area contributed by atoms with Crippen LogP contribution in [0.5, 0.6) is 5.75 Å². The summed E-state index contributed by atoms with van der Waals surface area (Å²) in [5.41, 5.74) is 2.89. The molecule has 1 unspecified atom stereocenters. The molecule has 2 aromatic carbocycles. The number of rotatable bonds is 11. The van der Waals surface area contributed by atoms with Crippen LogP contribution in [-0.4, -0.2) is 35.9 Å². The molecule has 2 aliphatic heterocycles. The van der Waals surface area contributed by atoms with Crippen LogP contribution in [0, 0.1) is 0 Å². The van der Waals surface area contributed by atoms with Gasteiger partial charge in [0.15, 0.2) is 0 Å². The van der Waals surface area contributed by atoms with E-state index in [-0.39, 0.29) is 17.9 Å². The van der Waals surface area contributed by atoms with Crippen molar-refractivity contribution in [2.75, 3.05) is 13.2 Å². The molecule has 1 N–H and O–H groups in total. The van der Waals surface area contributed by atoms with Gasteiger partial charge < -0.3 is 14.4 Å². The van der Waals surface area contributed by atoms with Gasteiger partial charge in [0.25, 0.3) is 5.91 Å². The third kappa shape index (κ3) is 5.92. The molecule has 33 heavy (non-hydrogen) atoms. The molecule has 1 atom stereocenters. The smallest absolute Gasteiger partial charge is 0.302 e. The normalized spacial score (nSPS) is 16.5. The second-order valence-corrected chi connectivity index (χ2v) is 8.47. The number of amides is 1. The molecule has 0 spiro atoms. The first kappa shape index (κ1) is 22.8. The minimum atomic E-state index is -0.364. The molecular weight excluding hydrogens is 418 g/mol. The van der Waals surface area contributed by atoms with Crippen molar-refractivity contribution in [3.63, 3.8) is 0 Å². The van der Waals surface area contributed by atoms with Crippen molar-refractivity contribution < 1.29 is 19.1 Å². The van der Waals surface area contributed by atoms with E-state index < -0.39 is 0 Å². The lowest BCUT2D eigenvalue weighted by molar-refractivity contribution is -0.141. The average molecular weight is 450 g/mol. The average Bonchev–Trinajstić information content (AvgIpc) is 3.13. The molecule has 2 aliphatic rings. The molecule has 0 radical (unpaired) electrons. The molecule has 0 aliphatic carbocycles. The van der Waals surface area contributed by atoms with Crippen LogP contribution in [0.3, 0.4) is 0 Å². The molecule has 0 saturated carbocycles. The number of carbonyl (C=O) groups excluding carboxylic acids is 2. The summed E-state index contributed by atoms with van der Waals surface area (Å²) < 4.78 is 10.9. The molecule has 174 valence electrons. The van der Waals surface area contributed by atoms with Gasteiger partial charge in [-0.1, -0.05) is 56.0 Å². The number of hydrogen-bond donors (Lipinski definition) is 1. The first-order chi connectivity index (χ1) is 16.1. The number of ether oxygens (including phenoxy) is 2. The Morgan fingerprint density at radius 2 is 1.76 bits per heavy atom. The Morgan fingerprint density at radius 1 is 1.03 bits per heavy atom. The number of nitrogens with one attached hydrogen (secondary N) is 1. The zero-order valence-corrected chi connectivity index (χ0v) is 19.1. The van der Waals surface area contributed by atoms with E-state index in [1.807, 2.05) is 53.4 Å². The molecular formula is C26H31N3O4. The van der Waals surface area contributed by atoms with Crippen molar-refractivity contribution in [3.05, 3.63) is 59.7 Å². The zero-order valence-electron chi connectivity index (χ0n) is 19.1. The number of carbonyl (C=O) groups is 2. The van der Waals surface area contributed by atoms with Gasteiger partial charge in [-0.05, 0) is 36.6 Å². The summed E-state index contributed by atoms with van der Waals surface area (Å²) in [6, 6.07) is 15.4. The van der Waals surface area contributed by atoms with Crippen molar-refractivity contribution in [3.8, 4) is 5.75 Å². The lowest BCUT2D eigenvalue weighted by Crippen LogP contribution is -2.33. The number of esters is 1. The third-order valence-corrected chi connectivity index (χ3v) is 5.91. The largest absolute Gasteiger partial charge is 0.494 e. The highest BCUT2D eigenvalue weighted by Crippen LogP contribution is 2.36. The van der Waals surface area contributed by atoms with E-state index in [1.165, 1.54) is 6.92 Å². The number of aliphatic imine (C=N–C) groups is 1. The highest BCUT2D eigenvalue weighted by atomic mass is 16.5. The summed E-state index contributed by atoms with van der Waals surface area (Å²) in [5, 5.41) is 2.92. The first-order valence-electron chi connectivity index (χ1n) is 11.7. The summed E-state index contributed by atoms with van der Waals surface area (Å²) in [7, 11) is 0. The third-order valence-electron chi connectivity index (χ3n) is 5.91. The highest BCUT2D eigenvalue weighted by Gasteiger charge is 2.40. The molecule has 0 bridgehead atoms. The van der Waals surface area contributed by atoms with Crippen LogP contribution in [0.1, 0.15) is 62.6 Å². The van der Waals surface area contributed by atoms with Crippen LogP contribution in [0.15, 0.2) is 53.5 Å². The van der Waals surface area contributed by atoms with Gasteiger partial charge in [0, 0.05) is 19.0 Å². The van der Waals surface area contributed by atoms with Crippen LogP contribution < -0.4 is 10.1 Å². The van der Waals surface area contributed by atoms with Crippen molar-refractivity contribution in [2.24, 2.45) is 4.99 Å². The fourth-order valence-electron chi connectivity index (χ4n) is 4.24. The van der Waals surface area contributed by atoms with Crippen LogP contribution in [0.25, 0.3) is 0 Å². The quantitative estimate of drug-likeness (QED) is 0.399. The Kier molecular flexibility index (Phi) is 7.60. The highest BCUT2D eigenvalue weighted by molar-refractivity contribution is 6.08. The van der Waals surface area contributed by atoms with E-state index in [9.17, 15) is 9.59 Å². The summed E-state index contributed by atoms with van der Waals surface area (Å²) >= 11 is 0. The fourth-order valence-corrected chi connectivity index (χ4v) is 4.24. The number of hydrogen-bond acceptors (Lipinski definition) is 6. The minimum absolute atomic E-state index is 0.0457. The maximum absolute atomic E-state index is 12.6. The van der Waals surface area contributed by atoms with Gasteiger partial charge in [-0.2, -0.15) is 0 Å². The number of fused-ring (bicyclic) bond motifs is 2. The van der Waals surface area contributed by atoms with Gasteiger partial charge in [-0.15, -0.1) is 0 Å². The van der Waals surface area contributed by atoms with E-state index in [0.29, 0.717) is 25.7 Å². The molecule has 7 nitrogen and oxygen atoms in total. The van der Waals surface area contributed by atoms with Crippen LogP contribution in [0.2, 0.25) is 0 Å². The number of nitrogens with zero attached hydrogens (tertiary/aromatic N) is 2. The number of unbranched alkanes of at least 4 members (excludes halogenated alkanes) is 5. The molecule has 0 aromatic heterocycles. The Bertz CT molecular complexity index is 1010. The monoisotopic (exact) mass is 449 g/mol. The standard InChI is InChI=1S/C26H31N3O4/c1-19(30)32-15-9-4-2-3-5-10-16-33-22-13-14-23-21(17-22)18-29-24(20-11-7-6-8-12-20)25(31)28-26(29)27-23/h6-8,11-14,17,24H,2-5,9-10,15-16,18H2,1H3,(H,27,28,31). The lowest BCUT2D eigenvalue weighted by atomic mass is 10.0. The van der Waals surface area contributed by atoms with E-state index in [2.05, 4.69) is 10.3 Å². The van der Waals surface area contributed by atoms with Crippen molar-refractivity contribution in [1.82, 2.24) is 10.2 Å². The number of guanidine groups is 1. The van der Waals surface area contributed by atoms with Gasteiger partial charge in [0.1, 0.15) is 11.8 Å². The van der Waals surface area contributed by atoms with Crippen molar-refractivity contribution >= 4 is 23.5 Å². The second-order valence-electron chi connectivity index (χ2n) is 8.47. The zero-order chi connectivity index (χ0) is 23.0. The summed E-state index contributed by atoms with van der Waals surface area (Å²) in [6.45, 7) is 3.25. The van der Waals surface area contributed by atoms with Crippen LogP contribution in [0.4, 0.5) is 5.69 Å². The molecule has 2 heterocycles. The molecule has 1 amide bonds. The fraction of sp³-hybridized carbons (Fsp3) is 0.423. The van der Waals surface area contributed by atoms with E-state index in [1.54, 1.807) is 0 Å². The van der Waals surface area contributed by atoms with E-state index in [4.69, 9.17) is 9.47 Å². The second kappa shape index (κ2) is 11.0. The molecule has 7 heteroatoms. The van der Waals surface area contributed by atoms with Gasteiger partial charge >= 0.3 is 5.97 Å². The molecule has 1 fully saturated rings. The van der Waals surface area contributed by atoms with Crippen LogP contribution in [-0.2, 0) is 20.9 Å². The van der Waals surface area contributed by atoms with Crippen molar-refractivity contribution in [1.29, 1.82) is 0 Å². The van der Waals surface area contributed by atoms with Crippen LogP contribution >= 0.6 is 0 Å². The lowest BCUT2D eigenvalue weighted by Gasteiger charge is -2.28. The van der Waals surface area contributed by atoms with Gasteiger partial charge in [-0.25, -0.2) is 4.99 Å². The Labute approximate surface area is 194 Å². The summed E-state index contributed by atoms with van der Waals surface area (Å²) in [6.07, 6.45) is 6.43. The molecule has 4 rings (SSSR count). The predicted octanol–water partition coefficient (Wildman–Crippen LogP) is 4.64. The summed E-state index contributed by atoms with van der Waals surface area (Å²) in [5.74, 6) is 1.20. The Hall–Kier alpha value is -3.35. The van der Waals surface area contributed by atoms with Crippen molar-refractivity contribution in [2.45, 2.75) is 58.0 Å². The first-order valence-corrected chi connectivity index (χ1v) is 11.7. The predicted molar refractivity (Wildman–Crippen MR) is 126 cm³/mol. The Balaban J connectivity index is 1.24. The molecule has 1 saturated heterocycles.